The number of hydrogen-bond donors (Lipinski definition) is 3. The second-order valence-electron chi connectivity index (χ2n) is 8.25. The number of carbonyl (C=O) groups excluding carboxylic acids is 4. The highest BCUT2D eigenvalue weighted by molar-refractivity contribution is 5.97. The number of nitrogens with zero attached hydrogens (tertiary/aromatic N) is 1. The Hall–Kier alpha value is -3.10. The minimum absolute atomic E-state index is 0.0511. The number of hydrogen-bond acceptors (Lipinski definition) is 5. The molecule has 0 unspecified atom stereocenters. The maximum absolute atomic E-state index is 12.5. The number of amides is 4. The van der Waals surface area contributed by atoms with Crippen molar-refractivity contribution in [1.82, 2.24) is 15.5 Å². The number of rotatable bonds is 5. The van der Waals surface area contributed by atoms with E-state index in [9.17, 15) is 19.2 Å². The van der Waals surface area contributed by atoms with Crippen LogP contribution in [0.4, 0.5) is 10.5 Å². The SMILES string of the molecule is CC(=O)Nc1cccc(C(=O)NC2CCN(C(=O)CNC(=O)OC(C)(C)C)CC2)c1. The first kappa shape index (κ1) is 23.2. The van der Waals surface area contributed by atoms with Crippen LogP contribution >= 0.6 is 0 Å². The maximum atomic E-state index is 12.5. The van der Waals surface area contributed by atoms with Gasteiger partial charge < -0.3 is 25.6 Å². The third kappa shape index (κ3) is 7.73. The zero-order chi connectivity index (χ0) is 22.3. The summed E-state index contributed by atoms with van der Waals surface area (Å²) in [5.41, 5.74) is 0.403. The summed E-state index contributed by atoms with van der Waals surface area (Å²) in [7, 11) is 0. The number of nitrogens with one attached hydrogen (secondary N) is 3. The van der Waals surface area contributed by atoms with Crippen LogP contribution in [-0.2, 0) is 14.3 Å². The van der Waals surface area contributed by atoms with E-state index in [1.165, 1.54) is 6.92 Å². The van der Waals surface area contributed by atoms with E-state index >= 15 is 0 Å². The molecule has 2 rings (SSSR count). The molecule has 1 aromatic rings. The Morgan fingerprint density at radius 1 is 1.13 bits per heavy atom. The topological polar surface area (TPSA) is 117 Å². The molecule has 164 valence electrons. The van der Waals surface area contributed by atoms with E-state index in [2.05, 4.69) is 16.0 Å². The molecular weight excluding hydrogens is 388 g/mol. The van der Waals surface area contributed by atoms with Crippen molar-refractivity contribution in [2.75, 3.05) is 25.0 Å². The lowest BCUT2D eigenvalue weighted by Crippen LogP contribution is -2.49. The Morgan fingerprint density at radius 3 is 2.40 bits per heavy atom. The first-order chi connectivity index (χ1) is 14.0. The van der Waals surface area contributed by atoms with Crippen LogP contribution in [0.3, 0.4) is 0 Å². The lowest BCUT2D eigenvalue weighted by molar-refractivity contribution is -0.131. The molecule has 0 aliphatic carbocycles. The van der Waals surface area contributed by atoms with Crippen molar-refractivity contribution in [1.29, 1.82) is 0 Å². The Kier molecular flexibility index (Phi) is 7.79. The molecule has 0 saturated carbocycles. The summed E-state index contributed by atoms with van der Waals surface area (Å²) >= 11 is 0. The van der Waals surface area contributed by atoms with E-state index in [0.717, 1.165) is 0 Å². The van der Waals surface area contributed by atoms with E-state index in [4.69, 9.17) is 4.74 Å². The second kappa shape index (κ2) is 10.1. The van der Waals surface area contributed by atoms with Gasteiger partial charge in [-0.15, -0.1) is 0 Å². The fourth-order valence-corrected chi connectivity index (χ4v) is 3.06. The number of anilines is 1. The van der Waals surface area contributed by atoms with Crippen LogP contribution in [0.5, 0.6) is 0 Å². The van der Waals surface area contributed by atoms with Gasteiger partial charge in [0.2, 0.25) is 11.8 Å². The van der Waals surface area contributed by atoms with Crippen LogP contribution in [0.15, 0.2) is 24.3 Å². The van der Waals surface area contributed by atoms with Crippen LogP contribution < -0.4 is 16.0 Å². The average Bonchev–Trinajstić information content (AvgIpc) is 2.65. The van der Waals surface area contributed by atoms with E-state index < -0.39 is 11.7 Å². The van der Waals surface area contributed by atoms with Gasteiger partial charge in [-0.05, 0) is 51.8 Å². The van der Waals surface area contributed by atoms with Crippen molar-refractivity contribution < 1.29 is 23.9 Å². The Morgan fingerprint density at radius 2 is 1.80 bits per heavy atom. The van der Waals surface area contributed by atoms with Crippen LogP contribution in [0.25, 0.3) is 0 Å². The van der Waals surface area contributed by atoms with Gasteiger partial charge in [0.25, 0.3) is 5.91 Å². The fourth-order valence-electron chi connectivity index (χ4n) is 3.06. The van der Waals surface area contributed by atoms with E-state index in [1.54, 1.807) is 49.9 Å². The predicted molar refractivity (Wildman–Crippen MR) is 112 cm³/mol. The summed E-state index contributed by atoms with van der Waals surface area (Å²) in [4.78, 5) is 49.3. The van der Waals surface area contributed by atoms with Crippen LogP contribution in [-0.4, -0.2) is 60.0 Å². The van der Waals surface area contributed by atoms with Crippen LogP contribution in [0.2, 0.25) is 0 Å². The number of ether oxygens (including phenoxy) is 1. The summed E-state index contributed by atoms with van der Waals surface area (Å²) in [5.74, 6) is -0.613. The summed E-state index contributed by atoms with van der Waals surface area (Å²) in [5, 5.41) is 8.09. The molecule has 1 saturated heterocycles. The highest BCUT2D eigenvalue weighted by Crippen LogP contribution is 2.14. The van der Waals surface area contributed by atoms with Crippen molar-refractivity contribution in [2.45, 2.75) is 52.2 Å². The molecule has 4 amide bonds. The molecule has 3 N–H and O–H groups in total. The Balaban J connectivity index is 1.77. The molecule has 9 heteroatoms. The van der Waals surface area contributed by atoms with Gasteiger partial charge in [0.1, 0.15) is 12.1 Å². The Labute approximate surface area is 176 Å². The molecule has 0 spiro atoms. The minimum Gasteiger partial charge on any atom is -0.444 e. The van der Waals surface area contributed by atoms with Gasteiger partial charge in [0.15, 0.2) is 0 Å². The van der Waals surface area contributed by atoms with Crippen molar-refractivity contribution in [2.24, 2.45) is 0 Å². The molecule has 1 aromatic carbocycles. The van der Waals surface area contributed by atoms with E-state index in [0.29, 0.717) is 37.2 Å². The molecular formula is C21H30N4O5. The predicted octanol–water partition coefficient (Wildman–Crippen LogP) is 1.89. The number of benzene rings is 1. The molecule has 9 nitrogen and oxygen atoms in total. The van der Waals surface area contributed by atoms with Gasteiger partial charge in [0, 0.05) is 37.3 Å². The summed E-state index contributed by atoms with van der Waals surface area (Å²) < 4.78 is 5.12. The molecule has 1 aliphatic rings. The van der Waals surface area contributed by atoms with Gasteiger partial charge in [-0.3, -0.25) is 14.4 Å². The third-order valence-electron chi connectivity index (χ3n) is 4.41. The monoisotopic (exact) mass is 418 g/mol. The smallest absolute Gasteiger partial charge is 0.408 e. The first-order valence-corrected chi connectivity index (χ1v) is 9.96. The number of likely N-dealkylation sites (tertiary alicyclic amines) is 1. The summed E-state index contributed by atoms with van der Waals surface area (Å²) in [6.07, 6.45) is 0.615. The minimum atomic E-state index is -0.625. The maximum Gasteiger partial charge on any atom is 0.408 e. The zero-order valence-electron chi connectivity index (χ0n) is 17.9. The van der Waals surface area contributed by atoms with E-state index in [-0.39, 0.29) is 30.3 Å². The molecule has 1 aliphatic heterocycles. The van der Waals surface area contributed by atoms with Crippen molar-refractivity contribution in [3.63, 3.8) is 0 Å². The largest absolute Gasteiger partial charge is 0.444 e. The quantitative estimate of drug-likeness (QED) is 0.675. The molecule has 0 aromatic heterocycles. The molecule has 0 atom stereocenters. The van der Waals surface area contributed by atoms with Gasteiger partial charge in [-0.1, -0.05) is 6.07 Å². The molecule has 1 heterocycles. The van der Waals surface area contributed by atoms with Gasteiger partial charge in [0.05, 0.1) is 0 Å². The van der Waals surface area contributed by atoms with Crippen molar-refractivity contribution >= 4 is 29.5 Å². The highest BCUT2D eigenvalue weighted by atomic mass is 16.6. The highest BCUT2D eigenvalue weighted by Gasteiger charge is 2.25. The van der Waals surface area contributed by atoms with Gasteiger partial charge >= 0.3 is 6.09 Å². The molecule has 1 fully saturated rings. The average molecular weight is 418 g/mol. The number of alkyl carbamates (subject to hydrolysis) is 1. The lowest BCUT2D eigenvalue weighted by atomic mass is 10.0. The normalized spacial score (nSPS) is 14.6. The zero-order valence-corrected chi connectivity index (χ0v) is 17.9. The fraction of sp³-hybridized carbons (Fsp3) is 0.524. The van der Waals surface area contributed by atoms with Crippen molar-refractivity contribution in [3.05, 3.63) is 29.8 Å². The van der Waals surface area contributed by atoms with Crippen LogP contribution in [0.1, 0.15) is 50.9 Å². The van der Waals surface area contributed by atoms with Crippen molar-refractivity contribution in [3.8, 4) is 0 Å². The molecule has 0 radical (unpaired) electrons. The number of carbonyl (C=O) groups is 4. The molecule has 30 heavy (non-hydrogen) atoms. The standard InChI is InChI=1S/C21H30N4O5/c1-14(26)23-17-7-5-6-15(12-17)19(28)24-16-8-10-25(11-9-16)18(27)13-22-20(29)30-21(2,3)4/h5-7,12,16H,8-11,13H2,1-4H3,(H,22,29)(H,23,26)(H,24,28). The Bertz CT molecular complexity index is 795. The first-order valence-electron chi connectivity index (χ1n) is 9.96. The summed E-state index contributed by atoms with van der Waals surface area (Å²) in [6.45, 7) is 7.53. The van der Waals surface area contributed by atoms with Gasteiger partial charge in [-0.25, -0.2) is 4.79 Å². The van der Waals surface area contributed by atoms with Gasteiger partial charge in [-0.2, -0.15) is 0 Å². The molecule has 0 bridgehead atoms. The third-order valence-corrected chi connectivity index (χ3v) is 4.41. The summed E-state index contributed by atoms with van der Waals surface area (Å²) in [6, 6.07) is 6.68. The second-order valence-corrected chi connectivity index (χ2v) is 8.25. The lowest BCUT2D eigenvalue weighted by Gasteiger charge is -2.32. The van der Waals surface area contributed by atoms with E-state index in [1.807, 2.05) is 0 Å². The van der Waals surface area contributed by atoms with Crippen LogP contribution in [0, 0.1) is 0 Å². The number of piperidine rings is 1.